The van der Waals surface area contributed by atoms with Gasteiger partial charge < -0.3 is 14.3 Å². The summed E-state index contributed by atoms with van der Waals surface area (Å²) in [5.74, 6) is 0.177. The van der Waals surface area contributed by atoms with Crippen molar-refractivity contribution in [3.05, 3.63) is 29.3 Å². The van der Waals surface area contributed by atoms with Crippen molar-refractivity contribution in [1.82, 2.24) is 0 Å². The summed E-state index contributed by atoms with van der Waals surface area (Å²) < 4.78 is 10.3. The van der Waals surface area contributed by atoms with Crippen LogP contribution in [0.1, 0.15) is 42.1 Å². The number of unbranched alkanes of at least 4 members (excludes halogenated alkanes) is 2. The first-order valence-corrected chi connectivity index (χ1v) is 6.51. The molecule has 0 amide bonds. The minimum Gasteiger partial charge on any atom is -0.496 e. The number of aryl methyl sites for hydroxylation is 1. The lowest BCUT2D eigenvalue weighted by Crippen LogP contribution is -2.10. The molecule has 1 aromatic rings. The second-order valence-corrected chi connectivity index (χ2v) is 4.13. The molecule has 0 radical (unpaired) electrons. The van der Waals surface area contributed by atoms with Gasteiger partial charge in [0.25, 0.3) is 0 Å². The number of rotatable bonds is 8. The van der Waals surface area contributed by atoms with Gasteiger partial charge in [0.1, 0.15) is 17.6 Å². The van der Waals surface area contributed by atoms with Crippen LogP contribution in [0.4, 0.5) is 0 Å². The molecule has 0 saturated heterocycles. The van der Waals surface area contributed by atoms with E-state index in [1.165, 1.54) is 7.11 Å². The molecule has 19 heavy (non-hydrogen) atoms. The van der Waals surface area contributed by atoms with Crippen LogP contribution >= 0.6 is 0 Å². The number of hydrogen-bond acceptors (Lipinski definition) is 4. The average molecular weight is 264 g/mol. The third-order valence-corrected chi connectivity index (χ3v) is 2.83. The summed E-state index contributed by atoms with van der Waals surface area (Å²) in [4.78, 5) is 22.3. The zero-order chi connectivity index (χ0) is 14.1. The van der Waals surface area contributed by atoms with Crippen molar-refractivity contribution in [3.8, 4) is 5.75 Å². The maximum absolute atomic E-state index is 12.0. The number of carbonyl (C=O) groups excluding carboxylic acids is 2. The molecule has 0 aliphatic rings. The molecule has 0 atom stereocenters. The van der Waals surface area contributed by atoms with Crippen LogP contribution in [0.5, 0.6) is 5.75 Å². The SMILES string of the molecule is CCOC(=O)c1c(CCCCC=O)cccc1OC. The Morgan fingerprint density at radius 2 is 2.11 bits per heavy atom. The van der Waals surface area contributed by atoms with Crippen LogP contribution in [0.15, 0.2) is 18.2 Å². The van der Waals surface area contributed by atoms with Crippen molar-refractivity contribution < 1.29 is 19.1 Å². The van der Waals surface area contributed by atoms with Crippen molar-refractivity contribution in [2.24, 2.45) is 0 Å². The number of aldehydes is 1. The standard InChI is InChI=1S/C15H20O4/c1-3-19-15(17)14-12(8-5-4-6-11-16)9-7-10-13(14)18-2/h7,9-11H,3-6,8H2,1-2H3. The van der Waals surface area contributed by atoms with Gasteiger partial charge in [0.2, 0.25) is 0 Å². The van der Waals surface area contributed by atoms with Crippen molar-refractivity contribution >= 4 is 12.3 Å². The van der Waals surface area contributed by atoms with E-state index >= 15 is 0 Å². The van der Waals surface area contributed by atoms with E-state index in [0.717, 1.165) is 31.1 Å². The van der Waals surface area contributed by atoms with E-state index in [4.69, 9.17) is 9.47 Å². The topological polar surface area (TPSA) is 52.6 Å². The minimum atomic E-state index is -0.356. The minimum absolute atomic E-state index is 0.335. The molecule has 4 heteroatoms. The predicted octanol–water partition coefficient (Wildman–Crippen LogP) is 2.78. The molecular weight excluding hydrogens is 244 g/mol. The fourth-order valence-electron chi connectivity index (χ4n) is 1.93. The maximum atomic E-state index is 12.0. The van der Waals surface area contributed by atoms with Gasteiger partial charge in [-0.15, -0.1) is 0 Å². The largest absolute Gasteiger partial charge is 0.496 e. The van der Waals surface area contributed by atoms with Crippen molar-refractivity contribution in [2.45, 2.75) is 32.6 Å². The van der Waals surface area contributed by atoms with Crippen LogP contribution in [0.3, 0.4) is 0 Å². The van der Waals surface area contributed by atoms with E-state index in [9.17, 15) is 9.59 Å². The van der Waals surface area contributed by atoms with Gasteiger partial charge >= 0.3 is 5.97 Å². The number of carbonyl (C=O) groups is 2. The van der Waals surface area contributed by atoms with Crippen LogP contribution in [-0.4, -0.2) is 26.0 Å². The fourth-order valence-corrected chi connectivity index (χ4v) is 1.93. The molecular formula is C15H20O4. The third-order valence-electron chi connectivity index (χ3n) is 2.83. The zero-order valence-electron chi connectivity index (χ0n) is 11.5. The molecule has 104 valence electrons. The van der Waals surface area contributed by atoms with Gasteiger partial charge in [0.15, 0.2) is 0 Å². The Morgan fingerprint density at radius 3 is 2.74 bits per heavy atom. The molecule has 1 rings (SSSR count). The second-order valence-electron chi connectivity index (χ2n) is 4.13. The second kappa shape index (κ2) is 8.29. The lowest BCUT2D eigenvalue weighted by atomic mass is 10.0. The summed E-state index contributed by atoms with van der Waals surface area (Å²) in [6.45, 7) is 2.11. The molecule has 0 aliphatic heterocycles. The molecule has 4 nitrogen and oxygen atoms in total. The first-order chi connectivity index (χ1) is 9.24. The highest BCUT2D eigenvalue weighted by molar-refractivity contribution is 5.94. The van der Waals surface area contributed by atoms with Crippen molar-refractivity contribution in [1.29, 1.82) is 0 Å². The Balaban J connectivity index is 2.88. The van der Waals surface area contributed by atoms with E-state index in [1.807, 2.05) is 12.1 Å². The fraction of sp³-hybridized carbons (Fsp3) is 0.467. The Bertz CT molecular complexity index is 426. The van der Waals surface area contributed by atoms with Gasteiger partial charge in [-0.25, -0.2) is 4.79 Å². The zero-order valence-corrected chi connectivity index (χ0v) is 11.5. The Kier molecular flexibility index (Phi) is 6.64. The number of methoxy groups -OCH3 is 1. The molecule has 0 heterocycles. The summed E-state index contributed by atoms with van der Waals surface area (Å²) in [6, 6.07) is 5.51. The Labute approximate surface area is 113 Å². The first kappa shape index (κ1) is 15.2. The molecule has 0 aromatic heterocycles. The lowest BCUT2D eigenvalue weighted by Gasteiger charge is -2.12. The van der Waals surface area contributed by atoms with E-state index in [0.29, 0.717) is 24.3 Å². The smallest absolute Gasteiger partial charge is 0.342 e. The summed E-state index contributed by atoms with van der Waals surface area (Å²) in [7, 11) is 1.54. The van der Waals surface area contributed by atoms with Gasteiger partial charge in [0, 0.05) is 6.42 Å². The highest BCUT2D eigenvalue weighted by Gasteiger charge is 2.17. The van der Waals surface area contributed by atoms with E-state index < -0.39 is 0 Å². The monoisotopic (exact) mass is 264 g/mol. The summed E-state index contributed by atoms with van der Waals surface area (Å²) in [5.41, 5.74) is 1.40. The van der Waals surface area contributed by atoms with E-state index in [-0.39, 0.29) is 5.97 Å². The molecule has 0 aliphatic carbocycles. The van der Waals surface area contributed by atoms with Gasteiger partial charge in [-0.05, 0) is 37.8 Å². The predicted molar refractivity (Wildman–Crippen MR) is 72.6 cm³/mol. The summed E-state index contributed by atoms with van der Waals surface area (Å²) in [6.07, 6.45) is 3.89. The number of ether oxygens (including phenoxy) is 2. The van der Waals surface area contributed by atoms with Crippen LogP contribution in [0.25, 0.3) is 0 Å². The van der Waals surface area contributed by atoms with Crippen molar-refractivity contribution in [2.75, 3.05) is 13.7 Å². The highest BCUT2D eigenvalue weighted by Crippen LogP contribution is 2.24. The van der Waals surface area contributed by atoms with Crippen LogP contribution in [0, 0.1) is 0 Å². The number of benzene rings is 1. The van der Waals surface area contributed by atoms with Crippen LogP contribution in [-0.2, 0) is 16.0 Å². The normalized spacial score (nSPS) is 10.0. The van der Waals surface area contributed by atoms with Crippen LogP contribution < -0.4 is 4.74 Å². The van der Waals surface area contributed by atoms with Crippen molar-refractivity contribution in [3.63, 3.8) is 0 Å². The molecule has 0 saturated carbocycles. The molecule has 0 spiro atoms. The molecule has 0 N–H and O–H groups in total. The highest BCUT2D eigenvalue weighted by atomic mass is 16.5. The summed E-state index contributed by atoms with van der Waals surface area (Å²) in [5, 5.41) is 0. The molecule has 1 aromatic carbocycles. The number of esters is 1. The first-order valence-electron chi connectivity index (χ1n) is 6.51. The Morgan fingerprint density at radius 1 is 1.32 bits per heavy atom. The molecule has 0 fully saturated rings. The van der Waals surface area contributed by atoms with Gasteiger partial charge in [0.05, 0.1) is 13.7 Å². The number of hydrogen-bond donors (Lipinski definition) is 0. The van der Waals surface area contributed by atoms with Gasteiger partial charge in [-0.2, -0.15) is 0 Å². The van der Waals surface area contributed by atoms with E-state index in [2.05, 4.69) is 0 Å². The molecule has 0 bridgehead atoms. The average Bonchev–Trinajstić information content (AvgIpc) is 2.43. The Hall–Kier alpha value is -1.84. The van der Waals surface area contributed by atoms with Gasteiger partial charge in [-0.3, -0.25) is 0 Å². The van der Waals surface area contributed by atoms with Crippen LogP contribution in [0.2, 0.25) is 0 Å². The summed E-state index contributed by atoms with van der Waals surface area (Å²) >= 11 is 0. The maximum Gasteiger partial charge on any atom is 0.342 e. The van der Waals surface area contributed by atoms with E-state index in [1.54, 1.807) is 13.0 Å². The lowest BCUT2D eigenvalue weighted by molar-refractivity contribution is -0.107. The van der Waals surface area contributed by atoms with Gasteiger partial charge in [-0.1, -0.05) is 12.1 Å². The quantitative estimate of drug-likeness (QED) is 0.411. The third kappa shape index (κ3) is 4.39. The molecule has 0 unspecified atom stereocenters.